The van der Waals surface area contributed by atoms with E-state index in [0.717, 1.165) is 32.1 Å². The minimum atomic E-state index is -0.845. The molecule has 6 nitrogen and oxygen atoms in total. The molecule has 2 N–H and O–H groups in total. The quantitative estimate of drug-likeness (QED) is 0.706. The zero-order valence-corrected chi connectivity index (χ0v) is 15.3. The second-order valence-corrected chi connectivity index (χ2v) is 7.61. The van der Waals surface area contributed by atoms with Crippen LogP contribution in [0.25, 0.3) is 0 Å². The van der Waals surface area contributed by atoms with Crippen molar-refractivity contribution in [2.75, 3.05) is 6.54 Å². The van der Waals surface area contributed by atoms with Crippen molar-refractivity contribution in [3.63, 3.8) is 0 Å². The second kappa shape index (κ2) is 9.04. The molecule has 6 heteroatoms. The minimum Gasteiger partial charge on any atom is -0.481 e. The zero-order chi connectivity index (χ0) is 18.3. The lowest BCUT2D eigenvalue weighted by molar-refractivity contribution is -0.140. The van der Waals surface area contributed by atoms with Gasteiger partial charge >= 0.3 is 12.1 Å². The maximum atomic E-state index is 12.2. The van der Waals surface area contributed by atoms with Gasteiger partial charge in [-0.3, -0.25) is 9.59 Å². The predicted octanol–water partition coefficient (Wildman–Crippen LogP) is 3.39. The first-order chi connectivity index (χ1) is 11.2. The number of hydrogen-bond donors (Lipinski definition) is 2. The van der Waals surface area contributed by atoms with Gasteiger partial charge in [-0.1, -0.05) is 47.0 Å². The fourth-order valence-corrected chi connectivity index (χ4v) is 3.31. The van der Waals surface area contributed by atoms with Crippen LogP contribution in [0.3, 0.4) is 0 Å². The van der Waals surface area contributed by atoms with Crippen molar-refractivity contribution in [2.24, 2.45) is 17.3 Å². The predicted molar refractivity (Wildman–Crippen MR) is 90.7 cm³/mol. The van der Waals surface area contributed by atoms with Crippen molar-refractivity contribution in [1.29, 1.82) is 0 Å². The first-order valence-electron chi connectivity index (χ1n) is 8.87. The number of Topliss-reactive ketones (excluding diaryl/α,β-unsaturated/α-hetero) is 1. The summed E-state index contributed by atoms with van der Waals surface area (Å²) in [5.74, 6) is -1.25. The molecule has 0 radical (unpaired) electrons. The summed E-state index contributed by atoms with van der Waals surface area (Å²) in [6, 6.07) is 0. The van der Waals surface area contributed by atoms with Gasteiger partial charge in [0.1, 0.15) is 0 Å². The van der Waals surface area contributed by atoms with E-state index in [-0.39, 0.29) is 30.6 Å². The number of rotatable bonds is 8. The summed E-state index contributed by atoms with van der Waals surface area (Å²) in [5.41, 5.74) is -0.404. The highest BCUT2D eigenvalue weighted by atomic mass is 16.6. The van der Waals surface area contributed by atoms with Crippen molar-refractivity contribution in [3.8, 4) is 0 Å². The lowest BCUT2D eigenvalue weighted by atomic mass is 9.72. The standard InChI is InChI=1S/C18H31NO5/c1-12(2)15(22)16(13(3)4)24-17(23)19-11-18(10-14(20)21)8-6-5-7-9-18/h12-13,16H,5-11H2,1-4H3,(H,19,23)(H,20,21)/t16-/m1/s1. The third kappa shape index (κ3) is 6.13. The molecule has 0 unspecified atom stereocenters. The van der Waals surface area contributed by atoms with Crippen molar-refractivity contribution >= 4 is 17.8 Å². The molecular weight excluding hydrogens is 310 g/mol. The molecule has 0 aliphatic heterocycles. The molecule has 0 saturated heterocycles. The first-order valence-corrected chi connectivity index (χ1v) is 8.87. The van der Waals surface area contributed by atoms with Gasteiger partial charge in [-0.25, -0.2) is 4.79 Å². The summed E-state index contributed by atoms with van der Waals surface area (Å²) >= 11 is 0. The van der Waals surface area contributed by atoms with Crippen LogP contribution in [0.2, 0.25) is 0 Å². The number of carbonyl (C=O) groups excluding carboxylic acids is 2. The number of aliphatic carboxylic acids is 1. The Balaban J connectivity index is 2.64. The Kier molecular flexibility index (Phi) is 7.70. The maximum absolute atomic E-state index is 12.2. The maximum Gasteiger partial charge on any atom is 0.407 e. The largest absolute Gasteiger partial charge is 0.481 e. The van der Waals surface area contributed by atoms with Gasteiger partial charge in [0, 0.05) is 12.5 Å². The number of hydrogen-bond acceptors (Lipinski definition) is 4. The van der Waals surface area contributed by atoms with Crippen LogP contribution in [0.15, 0.2) is 0 Å². The number of carbonyl (C=O) groups is 3. The number of alkyl carbamates (subject to hydrolysis) is 1. The van der Waals surface area contributed by atoms with Crippen LogP contribution in [0.5, 0.6) is 0 Å². The van der Waals surface area contributed by atoms with Gasteiger partial charge in [0.2, 0.25) is 0 Å². The van der Waals surface area contributed by atoms with E-state index in [1.54, 1.807) is 13.8 Å². The van der Waals surface area contributed by atoms with E-state index >= 15 is 0 Å². The highest BCUT2D eigenvalue weighted by molar-refractivity contribution is 5.87. The summed E-state index contributed by atoms with van der Waals surface area (Å²) in [5, 5.41) is 11.9. The lowest BCUT2D eigenvalue weighted by Gasteiger charge is -2.36. The van der Waals surface area contributed by atoms with E-state index < -0.39 is 23.6 Å². The molecule has 0 aromatic rings. The van der Waals surface area contributed by atoms with Crippen LogP contribution in [0, 0.1) is 17.3 Å². The Hall–Kier alpha value is -1.59. The number of amides is 1. The summed E-state index contributed by atoms with van der Waals surface area (Å²) in [4.78, 5) is 35.4. The fraction of sp³-hybridized carbons (Fsp3) is 0.833. The lowest BCUT2D eigenvalue weighted by Crippen LogP contribution is -2.43. The third-order valence-corrected chi connectivity index (χ3v) is 4.74. The normalized spacial score (nSPS) is 18.2. The number of nitrogens with one attached hydrogen (secondary N) is 1. The summed E-state index contributed by atoms with van der Waals surface area (Å²) in [6.45, 7) is 7.51. The van der Waals surface area contributed by atoms with E-state index in [4.69, 9.17) is 9.84 Å². The van der Waals surface area contributed by atoms with Crippen molar-refractivity contribution in [3.05, 3.63) is 0 Å². The molecule has 0 heterocycles. The van der Waals surface area contributed by atoms with Crippen LogP contribution in [-0.2, 0) is 14.3 Å². The molecule has 1 aliphatic rings. The Bertz CT molecular complexity index is 452. The summed E-state index contributed by atoms with van der Waals surface area (Å²) < 4.78 is 5.33. The average molecular weight is 341 g/mol. The molecule has 0 aromatic carbocycles. The van der Waals surface area contributed by atoms with E-state index in [9.17, 15) is 14.4 Å². The van der Waals surface area contributed by atoms with Gasteiger partial charge in [0.05, 0.1) is 6.42 Å². The number of ether oxygens (including phenoxy) is 1. The Morgan fingerprint density at radius 1 is 1.08 bits per heavy atom. The smallest absolute Gasteiger partial charge is 0.407 e. The number of ketones is 1. The van der Waals surface area contributed by atoms with E-state index in [0.29, 0.717) is 0 Å². The van der Waals surface area contributed by atoms with Gasteiger partial charge in [0.25, 0.3) is 0 Å². The highest BCUT2D eigenvalue weighted by Crippen LogP contribution is 2.38. The molecule has 1 rings (SSSR count). The van der Waals surface area contributed by atoms with E-state index in [1.165, 1.54) is 0 Å². The van der Waals surface area contributed by atoms with Gasteiger partial charge < -0.3 is 15.2 Å². The molecule has 1 atom stereocenters. The molecule has 1 fully saturated rings. The minimum absolute atomic E-state index is 0.0474. The van der Waals surface area contributed by atoms with Crippen LogP contribution in [-0.4, -0.2) is 35.6 Å². The highest BCUT2D eigenvalue weighted by Gasteiger charge is 2.35. The van der Waals surface area contributed by atoms with Crippen molar-refractivity contribution in [2.45, 2.75) is 72.3 Å². The molecular formula is C18H31NO5. The first kappa shape index (κ1) is 20.5. The molecule has 1 saturated carbocycles. The Morgan fingerprint density at radius 3 is 2.12 bits per heavy atom. The number of carboxylic acid groups (broad SMARTS) is 1. The Labute approximate surface area is 144 Å². The van der Waals surface area contributed by atoms with Crippen molar-refractivity contribution in [1.82, 2.24) is 5.32 Å². The van der Waals surface area contributed by atoms with Crippen LogP contribution < -0.4 is 5.32 Å². The van der Waals surface area contributed by atoms with Gasteiger partial charge in [0.15, 0.2) is 11.9 Å². The van der Waals surface area contributed by atoms with Gasteiger partial charge in [-0.2, -0.15) is 0 Å². The summed E-state index contributed by atoms with van der Waals surface area (Å²) in [6.07, 6.45) is 3.27. The molecule has 138 valence electrons. The third-order valence-electron chi connectivity index (χ3n) is 4.74. The average Bonchev–Trinajstić information content (AvgIpc) is 2.50. The summed E-state index contributed by atoms with van der Waals surface area (Å²) in [7, 11) is 0. The monoisotopic (exact) mass is 341 g/mol. The SMILES string of the molecule is CC(C)C(=O)[C@H](OC(=O)NCC1(CC(=O)O)CCCCC1)C(C)C. The molecule has 0 bridgehead atoms. The topological polar surface area (TPSA) is 92.7 Å². The van der Waals surface area contributed by atoms with Crippen LogP contribution in [0.4, 0.5) is 4.79 Å². The molecule has 1 aliphatic carbocycles. The van der Waals surface area contributed by atoms with Gasteiger partial charge in [-0.05, 0) is 24.2 Å². The van der Waals surface area contributed by atoms with Crippen LogP contribution in [0.1, 0.15) is 66.2 Å². The molecule has 24 heavy (non-hydrogen) atoms. The number of carboxylic acids is 1. The molecule has 1 amide bonds. The van der Waals surface area contributed by atoms with Gasteiger partial charge in [-0.15, -0.1) is 0 Å². The second-order valence-electron chi connectivity index (χ2n) is 7.61. The fourth-order valence-electron chi connectivity index (χ4n) is 3.31. The van der Waals surface area contributed by atoms with Crippen LogP contribution >= 0.6 is 0 Å². The molecule has 0 spiro atoms. The zero-order valence-electron chi connectivity index (χ0n) is 15.3. The van der Waals surface area contributed by atoms with E-state index in [2.05, 4.69) is 5.32 Å². The molecule has 0 aromatic heterocycles. The van der Waals surface area contributed by atoms with E-state index in [1.807, 2.05) is 13.8 Å². The van der Waals surface area contributed by atoms with Crippen molar-refractivity contribution < 1.29 is 24.2 Å². The Morgan fingerprint density at radius 2 is 1.67 bits per heavy atom.